The number of carboxylic acid groups (broad SMARTS) is 1. The highest BCUT2D eigenvalue weighted by atomic mass is 16.4. The average molecular weight is 1870 g/mol. The number of carbonyl (C=O) groups excluding carboxylic acids is 20. The second-order valence-electron chi connectivity index (χ2n) is 41.3. The fourth-order valence-corrected chi connectivity index (χ4v) is 14.5. The number of hydrogen-bond donors (Lipinski definition) is 18. The Morgan fingerprint density at radius 2 is 0.530 bits per heavy atom. The van der Waals surface area contributed by atoms with Gasteiger partial charge >= 0.3 is 5.97 Å². The van der Waals surface area contributed by atoms with Gasteiger partial charge in [0.25, 0.3) is 0 Å². The predicted octanol–water partition coefficient (Wildman–Crippen LogP) is 0.231. The van der Waals surface area contributed by atoms with Crippen LogP contribution in [-0.2, 0) is 101 Å². The topological polar surface area (TPSA) is 593 Å². The zero-order valence-corrected chi connectivity index (χ0v) is 82.9. The molecule has 3 heterocycles. The van der Waals surface area contributed by atoms with Gasteiger partial charge in [-0.15, -0.1) is 0 Å². The van der Waals surface area contributed by atoms with Crippen molar-refractivity contribution in [2.75, 3.05) is 39.3 Å². The summed E-state index contributed by atoms with van der Waals surface area (Å²) < 4.78 is 0. The van der Waals surface area contributed by atoms with Crippen LogP contribution in [0.15, 0.2) is 0 Å². The van der Waals surface area contributed by atoms with E-state index in [1.165, 1.54) is 213 Å². The number of rotatable bonds is 50. The predicted molar refractivity (Wildman–Crippen MR) is 488 cm³/mol. The quantitative estimate of drug-likeness (QED) is 0.0363. The molecule has 3 fully saturated rings. The first-order chi connectivity index (χ1) is 60.3. The highest BCUT2D eigenvalue weighted by Gasteiger charge is 2.51. The Morgan fingerprint density at radius 3 is 0.879 bits per heavy atom. The van der Waals surface area contributed by atoms with Crippen LogP contribution in [0.1, 0.15) is 309 Å². The molecule has 18 N–H and O–H groups in total. The molecule has 0 aromatic rings. The van der Waals surface area contributed by atoms with Crippen molar-refractivity contribution in [3.8, 4) is 0 Å². The van der Waals surface area contributed by atoms with Gasteiger partial charge in [-0.25, -0.2) is 0 Å². The zero-order chi connectivity index (χ0) is 101. The van der Waals surface area contributed by atoms with Crippen LogP contribution < -0.4 is 90.4 Å². The van der Waals surface area contributed by atoms with Crippen LogP contribution in [0.2, 0.25) is 0 Å². The molecule has 42 nitrogen and oxygen atoms in total. The zero-order valence-electron chi connectivity index (χ0n) is 82.9. The summed E-state index contributed by atoms with van der Waals surface area (Å²) in [5.41, 5.74) is -19.7. The lowest BCUT2D eigenvalue weighted by Gasteiger charge is -2.38. The number of nitrogens with one attached hydrogen (secondary N) is 17. The molecule has 3 saturated heterocycles. The Kier molecular flexibility index (Phi) is 40.9. The number of unbranched alkanes of at least 4 members (excludes halogenated alkanes) is 8. The van der Waals surface area contributed by atoms with Gasteiger partial charge in [0.1, 0.15) is 96.7 Å². The summed E-state index contributed by atoms with van der Waals surface area (Å²) in [6.07, 6.45) is 10.9. The summed E-state index contributed by atoms with van der Waals surface area (Å²) in [5, 5.41) is 53.0. The lowest BCUT2D eigenvalue weighted by molar-refractivity contribution is -0.148. The van der Waals surface area contributed by atoms with E-state index in [-0.39, 0.29) is 83.7 Å². The number of nitrogens with zero attached hydrogens (tertiary/aromatic N) is 3. The maximum absolute atomic E-state index is 14.5. The minimum atomic E-state index is -1.72. The smallest absolute Gasteiger partial charge is 0.305 e. The molecular weight excluding hydrogens is 1710 g/mol. The van der Waals surface area contributed by atoms with Crippen molar-refractivity contribution < 1.29 is 106 Å². The third-order valence-electron chi connectivity index (χ3n) is 23.3. The van der Waals surface area contributed by atoms with Gasteiger partial charge in [0.05, 0.1) is 6.42 Å². The van der Waals surface area contributed by atoms with Gasteiger partial charge in [0, 0.05) is 58.5 Å². The third-order valence-corrected chi connectivity index (χ3v) is 23.3. The first kappa shape index (κ1) is 115. The molecule has 42 heteroatoms. The van der Waals surface area contributed by atoms with Gasteiger partial charge in [-0.05, 0) is 225 Å². The van der Waals surface area contributed by atoms with Gasteiger partial charge in [0.2, 0.25) is 118 Å². The molecular formula is C90H154N20O22. The molecule has 132 heavy (non-hydrogen) atoms. The number of likely N-dealkylation sites (tertiary alicyclic amines) is 3. The van der Waals surface area contributed by atoms with Gasteiger partial charge in [0.15, 0.2) is 0 Å². The summed E-state index contributed by atoms with van der Waals surface area (Å²) in [6.45, 7) is 38.3. The molecule has 0 spiro atoms. The van der Waals surface area contributed by atoms with Crippen LogP contribution in [0.5, 0.6) is 0 Å². The van der Waals surface area contributed by atoms with E-state index in [9.17, 15) is 101 Å². The molecule has 746 valence electrons. The van der Waals surface area contributed by atoms with Crippen molar-refractivity contribution in [3.63, 3.8) is 0 Å². The summed E-state index contributed by atoms with van der Waals surface area (Å²) in [5.74, 6) is -15.1. The number of aliphatic carboxylic acids is 1. The monoisotopic (exact) mass is 1870 g/mol. The minimum absolute atomic E-state index is 0.0823. The molecule has 3 aliphatic heterocycles. The lowest BCUT2D eigenvalue weighted by atomic mass is 9.96. The maximum atomic E-state index is 14.5. The van der Waals surface area contributed by atoms with E-state index in [0.717, 1.165) is 19.3 Å². The number of carbonyl (C=O) groups is 21. The largest absolute Gasteiger partial charge is 0.481 e. The van der Waals surface area contributed by atoms with Crippen LogP contribution in [0, 0.1) is 0 Å². The maximum Gasteiger partial charge on any atom is 0.305 e. The van der Waals surface area contributed by atoms with Gasteiger partial charge < -0.3 is 110 Å². The normalized spacial score (nSPS) is 16.4. The molecule has 0 aromatic carbocycles. The van der Waals surface area contributed by atoms with Gasteiger partial charge in [-0.2, -0.15) is 0 Å². The Balaban J connectivity index is 1.49. The average Bonchev–Trinajstić information content (AvgIpc) is 1.60. The van der Waals surface area contributed by atoms with E-state index in [0.29, 0.717) is 32.1 Å². The molecule has 0 saturated carbocycles. The summed E-state index contributed by atoms with van der Waals surface area (Å²) in [6, 6.07) is -5.52. The van der Waals surface area contributed by atoms with E-state index in [4.69, 9.17) is 5.11 Å². The van der Waals surface area contributed by atoms with Gasteiger partial charge in [-0.1, -0.05) is 58.3 Å². The Morgan fingerprint density at radius 1 is 0.273 bits per heavy atom. The molecule has 0 bridgehead atoms. The second-order valence-corrected chi connectivity index (χ2v) is 41.3. The van der Waals surface area contributed by atoms with Crippen LogP contribution in [0.4, 0.5) is 0 Å². The van der Waals surface area contributed by atoms with E-state index in [2.05, 4.69) is 97.3 Å². The molecule has 3 aliphatic rings. The van der Waals surface area contributed by atoms with Crippen molar-refractivity contribution in [2.45, 2.75) is 406 Å². The number of carboxylic acids is 1. The minimum Gasteiger partial charge on any atom is -0.481 e. The van der Waals surface area contributed by atoms with E-state index >= 15 is 0 Å². The van der Waals surface area contributed by atoms with Crippen molar-refractivity contribution in [1.29, 1.82) is 0 Å². The molecule has 0 aromatic heterocycles. The summed E-state index contributed by atoms with van der Waals surface area (Å²) >= 11 is 0. The first-order valence-electron chi connectivity index (χ1n) is 45.7. The Hall–Kier alpha value is -11.1. The van der Waals surface area contributed by atoms with Crippen LogP contribution in [-0.4, -0.2) is 280 Å². The molecule has 0 unspecified atom stereocenters. The van der Waals surface area contributed by atoms with Crippen LogP contribution in [0.3, 0.4) is 0 Å². The fourth-order valence-electron chi connectivity index (χ4n) is 14.5. The van der Waals surface area contributed by atoms with E-state index in [1.807, 2.05) is 0 Å². The molecule has 0 radical (unpaired) electrons. The second kappa shape index (κ2) is 47.0. The fraction of sp³-hybridized carbons (Fsp3) is 0.767. The number of hydrogen-bond acceptors (Lipinski definition) is 21. The molecule has 20 amide bonds. The first-order valence-corrected chi connectivity index (χ1v) is 45.7. The highest BCUT2D eigenvalue weighted by Crippen LogP contribution is 2.29. The Labute approximate surface area is 776 Å². The summed E-state index contributed by atoms with van der Waals surface area (Å²) in [4.78, 5) is 288. The van der Waals surface area contributed by atoms with Crippen molar-refractivity contribution >= 4 is 124 Å². The van der Waals surface area contributed by atoms with Crippen molar-refractivity contribution in [2.24, 2.45) is 0 Å². The van der Waals surface area contributed by atoms with Crippen LogP contribution >= 0.6 is 0 Å². The van der Waals surface area contributed by atoms with E-state index in [1.54, 1.807) is 13.8 Å². The van der Waals surface area contributed by atoms with Crippen LogP contribution in [0.25, 0.3) is 0 Å². The summed E-state index contributed by atoms with van der Waals surface area (Å²) in [7, 11) is 0. The van der Waals surface area contributed by atoms with Crippen molar-refractivity contribution in [3.05, 3.63) is 0 Å². The third kappa shape index (κ3) is 34.2. The number of amides is 20. The molecule has 3 rings (SSSR count). The lowest BCUT2D eigenvalue weighted by Crippen LogP contribution is -2.67. The standard InChI is InChI=1S/C90H154N20O22/c1-28-29-30-31-32-33-34-35-36-43-59(112)97-88(22,23)76(130)108-50-37-40-55(108)64(118)100-85(16,17)73(127)106-90(26,27)78(132)110-52-39-42-57(110)66(120)101-86(18,19)74(128)107-89(24,25)77(131)109-51-38-41-56(109)65(119)99-84(14,15)72(126)103-79(4,5)67(121)92-47-44-58(111)94-54(3)63(117)98-83(12,13)71(125)102-80(6,7)68(122)93-48-45-60(113)96-82(10,11)70(124)105-87(20,21)75(129)104-81(8,9)69(123)95-53(2)62(116)91-49-46-61(114)115/h53-57H,28-52H2,1-27H3,(H,91,116)(H,92,121)(H,93,122)(H,94,111)(H,95,123)(H,96,113)(H,97,112)(H,98,117)(H,99,119)(H,100,118)(H,101,120)(H,102,125)(H,103,126)(H,104,129)(H,105,124)(H,106,127)(H,107,128)(H,114,115)/t53-,54-,55+,56-,57+/m0/s1. The molecule has 5 atom stereocenters. The van der Waals surface area contributed by atoms with Gasteiger partial charge in [-0.3, -0.25) is 101 Å². The molecule has 0 aliphatic carbocycles. The van der Waals surface area contributed by atoms with Crippen molar-refractivity contribution in [1.82, 2.24) is 105 Å². The van der Waals surface area contributed by atoms with E-state index < -0.39 is 215 Å². The highest BCUT2D eigenvalue weighted by molar-refractivity contribution is 6.05. The SMILES string of the molecule is CCCCCCCCCCCC(=O)NC(C)(C)C(=O)N1CCC[C@@H]1C(=O)NC(C)(C)C(=O)NC(C)(C)C(=O)N1CCC[C@@H]1C(=O)NC(C)(C)C(=O)NC(C)(C)C(=O)N1CCC[C@H]1C(=O)NC(C)(C)C(=O)NC(C)(C)C(=O)NCCC(=O)N[C@@H](C)C(=O)NC(C)(C)C(=O)NC(C)(C)C(=O)NCCC(=O)NC(C)(C)C(=O)NC(C)(C)C(=O)NC(C)(C)C(=O)N[C@@H](C)C(=O)NCCC(=O)O. The Bertz CT molecular complexity index is 4280.